The fourth-order valence-electron chi connectivity index (χ4n) is 5.19. The van der Waals surface area contributed by atoms with E-state index in [1.807, 2.05) is 52.2 Å². The molecule has 37 heavy (non-hydrogen) atoms. The smallest absolute Gasteiger partial charge is 0.337 e. The van der Waals surface area contributed by atoms with Crippen LogP contribution >= 0.6 is 0 Å². The number of hydrogen-bond acceptors (Lipinski definition) is 6. The zero-order chi connectivity index (χ0) is 27.0. The third-order valence-electron chi connectivity index (χ3n) is 7.85. The Morgan fingerprint density at radius 2 is 1.76 bits per heavy atom. The number of hydrogen-bond donors (Lipinski definition) is 1. The lowest BCUT2D eigenvalue weighted by Crippen LogP contribution is -2.39. The molecular formula is C30H43N3O4. The summed E-state index contributed by atoms with van der Waals surface area (Å²) in [4.78, 5) is 24.1. The van der Waals surface area contributed by atoms with Crippen LogP contribution in [0.1, 0.15) is 91.0 Å². The summed E-state index contributed by atoms with van der Waals surface area (Å²) in [6.07, 6.45) is 8.23. The number of nitrogens with zero attached hydrogens (tertiary/aromatic N) is 3. The van der Waals surface area contributed by atoms with Crippen LogP contribution in [0.15, 0.2) is 24.5 Å². The highest BCUT2D eigenvalue weighted by Crippen LogP contribution is 2.44. The van der Waals surface area contributed by atoms with Gasteiger partial charge in [0, 0.05) is 59.3 Å². The van der Waals surface area contributed by atoms with E-state index in [-0.39, 0.29) is 10.8 Å². The first-order valence-corrected chi connectivity index (χ1v) is 13.5. The van der Waals surface area contributed by atoms with Crippen LogP contribution in [-0.2, 0) is 9.53 Å². The summed E-state index contributed by atoms with van der Waals surface area (Å²) in [7, 11) is 0. The topological polar surface area (TPSA) is 84.8 Å². The van der Waals surface area contributed by atoms with Crippen LogP contribution in [0.3, 0.4) is 0 Å². The highest BCUT2D eigenvalue weighted by atomic mass is 16.5. The molecule has 1 saturated heterocycles. The number of ether oxygens (including phenoxy) is 2. The summed E-state index contributed by atoms with van der Waals surface area (Å²) in [6.45, 7) is 16.7. The van der Waals surface area contributed by atoms with Crippen molar-refractivity contribution in [2.45, 2.75) is 92.3 Å². The molecule has 1 N–H and O–H groups in total. The van der Waals surface area contributed by atoms with Crippen LogP contribution in [0.5, 0.6) is 5.88 Å². The second kappa shape index (κ2) is 10.2. The van der Waals surface area contributed by atoms with E-state index in [2.05, 4.69) is 35.6 Å². The molecule has 4 rings (SSSR count). The average Bonchev–Trinajstić information content (AvgIpc) is 2.80. The van der Waals surface area contributed by atoms with Gasteiger partial charge in [-0.3, -0.25) is 4.98 Å². The minimum Gasteiger partial charge on any atom is -0.479 e. The lowest BCUT2D eigenvalue weighted by Gasteiger charge is -2.41. The molecule has 0 spiro atoms. The summed E-state index contributed by atoms with van der Waals surface area (Å²) >= 11 is 0. The van der Waals surface area contributed by atoms with Crippen LogP contribution in [0, 0.1) is 17.8 Å². The van der Waals surface area contributed by atoms with Crippen molar-refractivity contribution in [1.29, 1.82) is 0 Å². The number of aryl methyl sites for hydroxylation is 1. The first-order chi connectivity index (χ1) is 17.3. The van der Waals surface area contributed by atoms with E-state index in [1.54, 1.807) is 0 Å². The predicted octanol–water partition coefficient (Wildman–Crippen LogP) is 6.59. The quantitative estimate of drug-likeness (QED) is 0.430. The fraction of sp³-hybridized carbons (Fsp3) is 0.633. The van der Waals surface area contributed by atoms with Gasteiger partial charge in [-0.1, -0.05) is 27.2 Å². The number of rotatable bonds is 8. The minimum atomic E-state index is -1.13. The largest absolute Gasteiger partial charge is 0.479 e. The fourth-order valence-corrected chi connectivity index (χ4v) is 5.19. The Labute approximate surface area is 221 Å². The van der Waals surface area contributed by atoms with E-state index in [0.717, 1.165) is 42.7 Å². The second-order valence-electron chi connectivity index (χ2n) is 13.0. The molecule has 1 aliphatic heterocycles. The van der Waals surface area contributed by atoms with Gasteiger partial charge in [-0.25, -0.2) is 9.78 Å². The minimum absolute atomic E-state index is 0.254. The molecule has 1 saturated carbocycles. The number of piperidine rings is 1. The number of aliphatic carboxylic acids is 1. The molecule has 0 unspecified atom stereocenters. The molecule has 7 nitrogen and oxygen atoms in total. The number of pyridine rings is 2. The summed E-state index contributed by atoms with van der Waals surface area (Å²) in [5, 5.41) is 10.3. The zero-order valence-electron chi connectivity index (χ0n) is 23.6. The number of carboxylic acid groups (broad SMARTS) is 1. The number of carbonyl (C=O) groups is 1. The molecule has 1 atom stereocenters. The Bertz CT molecular complexity index is 1110. The second-order valence-corrected chi connectivity index (χ2v) is 13.0. The average molecular weight is 510 g/mol. The molecule has 2 aliphatic rings. The molecule has 2 fully saturated rings. The van der Waals surface area contributed by atoms with Gasteiger partial charge in [0.15, 0.2) is 6.10 Å². The van der Waals surface area contributed by atoms with Gasteiger partial charge in [-0.2, -0.15) is 0 Å². The Morgan fingerprint density at radius 3 is 2.27 bits per heavy atom. The summed E-state index contributed by atoms with van der Waals surface area (Å²) in [5.41, 5.74) is 3.81. The standard InChI is InChI=1S/C30H43N3O4/c1-20-24(26(27(34)35)37-28(2,3)4)25(33-15-13-29(5,6)14-16-33)22(18-31-20)21-9-10-23(32-17-21)36-19-30(7)11-8-12-30/h9-10,17-18,26H,8,11-16,19H2,1-7H3,(H,34,35)/t26-/m0/s1. The number of carboxylic acids is 1. The van der Waals surface area contributed by atoms with Crippen molar-refractivity contribution in [3.8, 4) is 17.0 Å². The van der Waals surface area contributed by atoms with Gasteiger partial charge < -0.3 is 19.5 Å². The Morgan fingerprint density at radius 1 is 1.08 bits per heavy atom. The van der Waals surface area contributed by atoms with Crippen molar-refractivity contribution < 1.29 is 19.4 Å². The van der Waals surface area contributed by atoms with E-state index in [9.17, 15) is 9.90 Å². The maximum Gasteiger partial charge on any atom is 0.337 e. The van der Waals surface area contributed by atoms with Crippen molar-refractivity contribution >= 4 is 11.7 Å². The van der Waals surface area contributed by atoms with Gasteiger partial charge >= 0.3 is 5.97 Å². The predicted molar refractivity (Wildman–Crippen MR) is 146 cm³/mol. The van der Waals surface area contributed by atoms with E-state index < -0.39 is 17.7 Å². The number of aromatic nitrogens is 2. The van der Waals surface area contributed by atoms with Crippen molar-refractivity contribution in [3.63, 3.8) is 0 Å². The summed E-state index contributed by atoms with van der Waals surface area (Å²) < 4.78 is 12.1. The molecule has 0 radical (unpaired) electrons. The molecule has 0 bridgehead atoms. The van der Waals surface area contributed by atoms with Gasteiger partial charge in [0.1, 0.15) is 0 Å². The first-order valence-electron chi connectivity index (χ1n) is 13.5. The maximum absolute atomic E-state index is 12.5. The summed E-state index contributed by atoms with van der Waals surface area (Å²) in [5.74, 6) is -0.403. The SMILES string of the molecule is Cc1ncc(-c2ccc(OCC3(C)CCC3)nc2)c(N2CCC(C)(C)CC2)c1[C@H](OC(C)(C)C)C(=O)O. The van der Waals surface area contributed by atoms with Gasteiger partial charge in [-0.15, -0.1) is 0 Å². The molecule has 3 heterocycles. The highest BCUT2D eigenvalue weighted by Gasteiger charge is 2.36. The normalized spacial score (nSPS) is 19.7. The highest BCUT2D eigenvalue weighted by molar-refractivity contribution is 5.86. The molecule has 1 aliphatic carbocycles. The Balaban J connectivity index is 1.75. The zero-order valence-corrected chi connectivity index (χ0v) is 23.6. The van der Waals surface area contributed by atoms with Gasteiger partial charge in [-0.05, 0) is 64.9 Å². The monoisotopic (exact) mass is 509 g/mol. The third-order valence-corrected chi connectivity index (χ3v) is 7.85. The van der Waals surface area contributed by atoms with Gasteiger partial charge in [0.05, 0.1) is 17.9 Å². The van der Waals surface area contributed by atoms with Crippen LogP contribution in [0.2, 0.25) is 0 Å². The molecular weight excluding hydrogens is 466 g/mol. The van der Waals surface area contributed by atoms with Crippen molar-refractivity contribution in [3.05, 3.63) is 35.8 Å². The van der Waals surface area contributed by atoms with E-state index in [0.29, 0.717) is 23.7 Å². The molecule has 0 amide bonds. The van der Waals surface area contributed by atoms with E-state index in [4.69, 9.17) is 9.47 Å². The Hall–Kier alpha value is -2.67. The van der Waals surface area contributed by atoms with Crippen LogP contribution in [-0.4, -0.2) is 46.3 Å². The van der Waals surface area contributed by atoms with Crippen molar-refractivity contribution in [2.24, 2.45) is 10.8 Å². The van der Waals surface area contributed by atoms with Gasteiger partial charge in [0.25, 0.3) is 0 Å². The molecule has 2 aromatic heterocycles. The molecule has 202 valence electrons. The van der Waals surface area contributed by atoms with Crippen LogP contribution < -0.4 is 9.64 Å². The van der Waals surface area contributed by atoms with Crippen molar-refractivity contribution in [2.75, 3.05) is 24.6 Å². The Kier molecular flexibility index (Phi) is 7.57. The third kappa shape index (κ3) is 6.43. The van der Waals surface area contributed by atoms with E-state index >= 15 is 0 Å². The van der Waals surface area contributed by atoms with Crippen LogP contribution in [0.4, 0.5) is 5.69 Å². The van der Waals surface area contributed by atoms with E-state index in [1.165, 1.54) is 19.3 Å². The molecule has 2 aromatic rings. The first kappa shape index (κ1) is 27.4. The molecule has 0 aromatic carbocycles. The lowest BCUT2D eigenvalue weighted by atomic mass is 9.71. The van der Waals surface area contributed by atoms with Crippen LogP contribution in [0.25, 0.3) is 11.1 Å². The lowest BCUT2D eigenvalue weighted by molar-refractivity contribution is -0.160. The maximum atomic E-state index is 12.5. The van der Waals surface area contributed by atoms with Crippen molar-refractivity contribution in [1.82, 2.24) is 9.97 Å². The molecule has 7 heteroatoms. The number of anilines is 1. The summed E-state index contributed by atoms with van der Waals surface area (Å²) in [6, 6.07) is 3.90. The van der Waals surface area contributed by atoms with Gasteiger partial charge in [0.2, 0.25) is 5.88 Å².